The number of hydrogen-bond donors (Lipinski definition) is 0. The molecule has 0 amide bonds. The van der Waals surface area contributed by atoms with Gasteiger partial charge in [0.2, 0.25) is 0 Å². The highest BCUT2D eigenvalue weighted by atomic mass is 79.9. The molecule has 0 aliphatic heterocycles. The Hall–Kier alpha value is -1.95. The molecule has 1 aliphatic rings. The van der Waals surface area contributed by atoms with Gasteiger partial charge in [0.25, 0.3) is 5.56 Å². The normalized spacial score (nSPS) is 14.6. The van der Waals surface area contributed by atoms with E-state index in [-0.39, 0.29) is 5.56 Å². The second-order valence-corrected chi connectivity index (χ2v) is 6.74. The highest BCUT2D eigenvalue weighted by Gasteiger charge is 2.23. The molecule has 22 heavy (non-hydrogen) atoms. The molecule has 6 heteroatoms. The Morgan fingerprint density at radius 1 is 1.32 bits per heavy atom. The first-order valence-corrected chi connectivity index (χ1v) is 8.09. The van der Waals surface area contributed by atoms with E-state index in [0.29, 0.717) is 10.4 Å². The molecule has 0 saturated heterocycles. The van der Waals surface area contributed by atoms with Crippen LogP contribution in [0.4, 0.5) is 0 Å². The van der Waals surface area contributed by atoms with E-state index in [1.807, 2.05) is 36.1 Å². The van der Waals surface area contributed by atoms with E-state index in [1.54, 1.807) is 10.9 Å². The van der Waals surface area contributed by atoms with Crippen LogP contribution in [0, 0.1) is 5.92 Å². The number of aryl methyl sites for hydroxylation is 1. The van der Waals surface area contributed by atoms with Gasteiger partial charge in [-0.15, -0.1) is 0 Å². The summed E-state index contributed by atoms with van der Waals surface area (Å²) in [4.78, 5) is 17.0. The Kier molecular flexibility index (Phi) is 3.14. The molecule has 0 bridgehead atoms. The molecule has 4 rings (SSSR count). The molecule has 1 aliphatic carbocycles. The van der Waals surface area contributed by atoms with Gasteiger partial charge in [-0.2, -0.15) is 5.10 Å². The number of hydrogen-bond acceptors (Lipinski definition) is 3. The van der Waals surface area contributed by atoms with Gasteiger partial charge in [-0.25, -0.2) is 0 Å². The number of nitrogens with zero attached hydrogens (tertiary/aromatic N) is 4. The predicted molar refractivity (Wildman–Crippen MR) is 88.6 cm³/mol. The summed E-state index contributed by atoms with van der Waals surface area (Å²) in [6.45, 7) is 0.783. The molecule has 0 spiro atoms. The third-order valence-corrected chi connectivity index (χ3v) is 4.64. The van der Waals surface area contributed by atoms with Gasteiger partial charge in [0.1, 0.15) is 0 Å². The van der Waals surface area contributed by atoms with Gasteiger partial charge in [-0.1, -0.05) is 0 Å². The molecule has 1 saturated carbocycles. The zero-order valence-corrected chi connectivity index (χ0v) is 13.7. The third kappa shape index (κ3) is 2.37. The van der Waals surface area contributed by atoms with E-state index >= 15 is 0 Å². The molecular formula is C16H15BrN4O. The van der Waals surface area contributed by atoms with Crippen LogP contribution in [0.3, 0.4) is 0 Å². The van der Waals surface area contributed by atoms with Crippen LogP contribution < -0.4 is 5.56 Å². The fraction of sp³-hybridized carbons (Fsp3) is 0.312. The highest BCUT2D eigenvalue weighted by Crippen LogP contribution is 2.32. The predicted octanol–water partition coefficient (Wildman–Crippen LogP) is 2.97. The fourth-order valence-electron chi connectivity index (χ4n) is 2.69. The second-order valence-electron chi connectivity index (χ2n) is 5.88. The van der Waals surface area contributed by atoms with E-state index in [2.05, 4.69) is 26.0 Å². The van der Waals surface area contributed by atoms with Gasteiger partial charge >= 0.3 is 0 Å². The lowest BCUT2D eigenvalue weighted by Gasteiger charge is -2.11. The number of halogens is 1. The van der Waals surface area contributed by atoms with Crippen molar-refractivity contribution < 1.29 is 0 Å². The first-order chi connectivity index (χ1) is 10.6. The molecule has 3 aromatic rings. The molecule has 0 N–H and O–H groups in total. The molecule has 0 radical (unpaired) electrons. The zero-order valence-electron chi connectivity index (χ0n) is 12.2. The lowest BCUT2D eigenvalue weighted by Crippen LogP contribution is -2.22. The molecule has 3 heterocycles. The maximum Gasteiger partial charge on any atom is 0.265 e. The van der Waals surface area contributed by atoms with Crippen LogP contribution in [0.5, 0.6) is 0 Å². The van der Waals surface area contributed by atoms with Crippen LogP contribution >= 0.6 is 15.9 Å². The Balaban J connectivity index is 1.93. The smallest absolute Gasteiger partial charge is 0.265 e. The summed E-state index contributed by atoms with van der Waals surface area (Å²) in [5, 5.41) is 5.16. The van der Waals surface area contributed by atoms with Gasteiger partial charge < -0.3 is 4.57 Å². The zero-order chi connectivity index (χ0) is 15.3. The molecule has 3 aromatic heterocycles. The molecule has 5 nitrogen and oxygen atoms in total. The first-order valence-electron chi connectivity index (χ1n) is 7.30. The Morgan fingerprint density at radius 2 is 2.14 bits per heavy atom. The minimum atomic E-state index is 0.0303. The van der Waals surface area contributed by atoms with Crippen molar-refractivity contribution in [3.63, 3.8) is 0 Å². The van der Waals surface area contributed by atoms with Gasteiger partial charge in [-0.05, 0) is 46.8 Å². The summed E-state index contributed by atoms with van der Waals surface area (Å²) >= 11 is 3.37. The quantitative estimate of drug-likeness (QED) is 0.723. The number of pyridine rings is 2. The van der Waals surface area contributed by atoms with Crippen LogP contribution in [0.15, 0.2) is 40.0 Å². The number of rotatable bonds is 3. The van der Waals surface area contributed by atoms with Crippen molar-refractivity contribution in [2.45, 2.75) is 19.4 Å². The maximum atomic E-state index is 12.5. The summed E-state index contributed by atoms with van der Waals surface area (Å²) in [6, 6.07) is 3.84. The number of aromatic nitrogens is 4. The van der Waals surface area contributed by atoms with E-state index in [4.69, 9.17) is 0 Å². The van der Waals surface area contributed by atoms with Crippen molar-refractivity contribution in [2.75, 3.05) is 0 Å². The summed E-state index contributed by atoms with van der Waals surface area (Å²) < 4.78 is 4.22. The van der Waals surface area contributed by atoms with Gasteiger partial charge in [0.15, 0.2) is 0 Å². The van der Waals surface area contributed by atoms with Crippen molar-refractivity contribution >= 4 is 26.8 Å². The third-order valence-electron chi connectivity index (χ3n) is 4.07. The number of fused-ring (bicyclic) bond motifs is 1. The van der Waals surface area contributed by atoms with Gasteiger partial charge in [-0.3, -0.25) is 14.5 Å². The summed E-state index contributed by atoms with van der Waals surface area (Å²) in [6.07, 6.45) is 7.96. The van der Waals surface area contributed by atoms with Crippen molar-refractivity contribution in [3.05, 3.63) is 45.5 Å². The molecular weight excluding hydrogens is 344 g/mol. The second kappa shape index (κ2) is 5.05. The van der Waals surface area contributed by atoms with Crippen molar-refractivity contribution in [1.29, 1.82) is 0 Å². The van der Waals surface area contributed by atoms with Crippen LogP contribution in [0.1, 0.15) is 12.8 Å². The van der Waals surface area contributed by atoms with E-state index in [0.717, 1.165) is 28.7 Å². The maximum absolute atomic E-state index is 12.5. The van der Waals surface area contributed by atoms with E-state index in [1.165, 1.54) is 12.8 Å². The highest BCUT2D eigenvalue weighted by molar-refractivity contribution is 9.10. The molecule has 0 atom stereocenters. The summed E-state index contributed by atoms with van der Waals surface area (Å²) in [5.41, 5.74) is 2.77. The van der Waals surface area contributed by atoms with Crippen molar-refractivity contribution in [2.24, 2.45) is 13.0 Å². The van der Waals surface area contributed by atoms with E-state index in [9.17, 15) is 4.79 Å². The van der Waals surface area contributed by atoms with Crippen molar-refractivity contribution in [3.8, 4) is 11.3 Å². The average Bonchev–Trinajstić information content (AvgIpc) is 3.22. The minimum Gasteiger partial charge on any atom is -0.307 e. The van der Waals surface area contributed by atoms with Crippen LogP contribution in [-0.4, -0.2) is 19.3 Å². The fourth-order valence-corrected chi connectivity index (χ4v) is 3.15. The molecule has 0 unspecified atom stereocenters. The Bertz CT molecular complexity index is 924. The van der Waals surface area contributed by atoms with Crippen molar-refractivity contribution in [1.82, 2.24) is 19.3 Å². The molecule has 0 aromatic carbocycles. The average molecular weight is 359 g/mol. The minimum absolute atomic E-state index is 0.0303. The Labute approximate surface area is 135 Å². The lowest BCUT2D eigenvalue weighted by molar-refractivity contribution is 0.625. The summed E-state index contributed by atoms with van der Waals surface area (Å²) in [5.74, 6) is 0.630. The van der Waals surface area contributed by atoms with Crippen LogP contribution in [0.2, 0.25) is 0 Å². The largest absolute Gasteiger partial charge is 0.307 e. The first kappa shape index (κ1) is 13.7. The monoisotopic (exact) mass is 358 g/mol. The SMILES string of the molecule is Cn1cc(-c2cc3c(cn2)cc(Br)c(=O)n3CC2CC2)cn1. The Morgan fingerprint density at radius 3 is 2.82 bits per heavy atom. The van der Waals surface area contributed by atoms with Crippen LogP contribution in [-0.2, 0) is 13.6 Å². The lowest BCUT2D eigenvalue weighted by atomic mass is 10.1. The van der Waals surface area contributed by atoms with E-state index < -0.39 is 0 Å². The molecule has 1 fully saturated rings. The topological polar surface area (TPSA) is 52.7 Å². The van der Waals surface area contributed by atoms with Crippen LogP contribution in [0.25, 0.3) is 22.2 Å². The standard InChI is InChI=1S/C16H15BrN4O/c1-20-9-12(7-19-20)14-5-15-11(6-18-14)4-13(17)16(22)21(15)8-10-2-3-10/h4-7,9-10H,2-3,8H2,1H3. The van der Waals surface area contributed by atoms with Gasteiger partial charge in [0, 0.05) is 36.9 Å². The summed E-state index contributed by atoms with van der Waals surface area (Å²) in [7, 11) is 1.88. The van der Waals surface area contributed by atoms with Gasteiger partial charge in [0.05, 0.1) is 21.9 Å². The molecule has 112 valence electrons.